The molecule has 128 valence electrons. The van der Waals surface area contributed by atoms with Crippen LogP contribution in [0.5, 0.6) is 0 Å². The molecule has 0 aliphatic heterocycles. The van der Waals surface area contributed by atoms with Crippen LogP contribution in [0.4, 0.5) is 4.79 Å². The van der Waals surface area contributed by atoms with E-state index in [0.717, 1.165) is 38.8 Å². The zero-order chi connectivity index (χ0) is 16.0. The third-order valence-corrected chi connectivity index (χ3v) is 5.59. The minimum atomic E-state index is -0.238. The third-order valence-electron chi connectivity index (χ3n) is 5.59. The number of hydrogen-bond acceptors (Lipinski definition) is 3. The van der Waals surface area contributed by atoms with Crippen molar-refractivity contribution in [2.75, 3.05) is 33.9 Å². The summed E-state index contributed by atoms with van der Waals surface area (Å²) in [6, 6.07) is -0.0113. The van der Waals surface area contributed by atoms with Crippen LogP contribution in [0.1, 0.15) is 51.4 Å². The number of hydrogen-bond donors (Lipinski definition) is 2. The standard InChI is InChI=1S/C17H32N2O3/c1-19(12-14-6-5-7-15(14)20)16(21)18-13-17(10-11-22-2)8-3-4-9-17/h14-15,20H,3-13H2,1-2H3,(H,18,21). The van der Waals surface area contributed by atoms with Gasteiger partial charge in [0.15, 0.2) is 0 Å². The normalized spacial score (nSPS) is 27.0. The zero-order valence-corrected chi connectivity index (χ0v) is 14.1. The topological polar surface area (TPSA) is 61.8 Å². The predicted molar refractivity (Wildman–Crippen MR) is 86.8 cm³/mol. The molecule has 0 aromatic rings. The average Bonchev–Trinajstić information content (AvgIpc) is 3.13. The Morgan fingerprint density at radius 3 is 2.64 bits per heavy atom. The maximum atomic E-state index is 12.3. The number of nitrogens with one attached hydrogen (secondary N) is 1. The summed E-state index contributed by atoms with van der Waals surface area (Å²) < 4.78 is 5.23. The number of carbonyl (C=O) groups excluding carboxylic acids is 1. The molecule has 0 aromatic heterocycles. The monoisotopic (exact) mass is 312 g/mol. The Balaban J connectivity index is 1.77. The lowest BCUT2D eigenvalue weighted by Crippen LogP contribution is -2.45. The maximum Gasteiger partial charge on any atom is 0.317 e. The maximum absolute atomic E-state index is 12.3. The molecule has 22 heavy (non-hydrogen) atoms. The highest BCUT2D eigenvalue weighted by molar-refractivity contribution is 5.73. The Morgan fingerprint density at radius 1 is 1.32 bits per heavy atom. The molecule has 0 saturated heterocycles. The van der Waals surface area contributed by atoms with Crippen LogP contribution in [0, 0.1) is 11.3 Å². The van der Waals surface area contributed by atoms with E-state index in [9.17, 15) is 9.90 Å². The van der Waals surface area contributed by atoms with E-state index in [4.69, 9.17) is 4.74 Å². The van der Waals surface area contributed by atoms with Crippen molar-refractivity contribution in [3.05, 3.63) is 0 Å². The zero-order valence-electron chi connectivity index (χ0n) is 14.1. The number of urea groups is 1. The van der Waals surface area contributed by atoms with E-state index in [0.29, 0.717) is 6.54 Å². The van der Waals surface area contributed by atoms with E-state index in [1.165, 1.54) is 25.7 Å². The van der Waals surface area contributed by atoms with Crippen LogP contribution in [-0.2, 0) is 4.74 Å². The van der Waals surface area contributed by atoms with Crippen molar-refractivity contribution in [1.82, 2.24) is 10.2 Å². The molecule has 2 N–H and O–H groups in total. The number of aliphatic hydroxyl groups excluding tert-OH is 1. The summed E-state index contributed by atoms with van der Waals surface area (Å²) >= 11 is 0. The van der Waals surface area contributed by atoms with Gasteiger partial charge in [-0.25, -0.2) is 4.79 Å². The molecule has 0 heterocycles. The van der Waals surface area contributed by atoms with Gasteiger partial charge in [0, 0.05) is 39.8 Å². The van der Waals surface area contributed by atoms with E-state index in [1.807, 2.05) is 7.05 Å². The second-order valence-electron chi connectivity index (χ2n) is 7.25. The quantitative estimate of drug-likeness (QED) is 0.759. The van der Waals surface area contributed by atoms with Gasteiger partial charge in [0.2, 0.25) is 0 Å². The first kappa shape index (κ1) is 17.5. The second-order valence-corrected chi connectivity index (χ2v) is 7.25. The lowest BCUT2D eigenvalue weighted by atomic mass is 9.83. The molecule has 2 unspecified atom stereocenters. The predicted octanol–water partition coefficient (Wildman–Crippen LogP) is 2.39. The van der Waals surface area contributed by atoms with Crippen LogP contribution < -0.4 is 5.32 Å². The van der Waals surface area contributed by atoms with Crippen molar-refractivity contribution in [3.8, 4) is 0 Å². The van der Waals surface area contributed by atoms with Gasteiger partial charge in [-0.3, -0.25) is 0 Å². The number of aliphatic hydroxyl groups is 1. The fourth-order valence-electron chi connectivity index (χ4n) is 4.02. The number of carbonyl (C=O) groups is 1. The van der Waals surface area contributed by atoms with Crippen LogP contribution in [0.2, 0.25) is 0 Å². The fraction of sp³-hybridized carbons (Fsp3) is 0.941. The summed E-state index contributed by atoms with van der Waals surface area (Å²) in [6.07, 6.45) is 8.63. The Labute approximate surface area is 134 Å². The van der Waals surface area contributed by atoms with E-state index >= 15 is 0 Å². The van der Waals surface area contributed by atoms with Gasteiger partial charge in [-0.2, -0.15) is 0 Å². The largest absolute Gasteiger partial charge is 0.393 e. The summed E-state index contributed by atoms with van der Waals surface area (Å²) in [4.78, 5) is 14.0. The van der Waals surface area contributed by atoms with Crippen LogP contribution in [0.3, 0.4) is 0 Å². The summed E-state index contributed by atoms with van der Waals surface area (Å²) in [5.74, 6) is 0.240. The molecule has 0 spiro atoms. The first-order valence-electron chi connectivity index (χ1n) is 8.72. The van der Waals surface area contributed by atoms with Crippen molar-refractivity contribution < 1.29 is 14.6 Å². The second kappa shape index (κ2) is 8.16. The van der Waals surface area contributed by atoms with Gasteiger partial charge in [0.05, 0.1) is 6.10 Å². The van der Waals surface area contributed by atoms with Gasteiger partial charge in [0.1, 0.15) is 0 Å². The summed E-state index contributed by atoms with van der Waals surface area (Å²) in [6.45, 7) is 2.16. The molecule has 2 aliphatic carbocycles. The minimum Gasteiger partial charge on any atom is -0.393 e. The highest BCUT2D eigenvalue weighted by Gasteiger charge is 2.34. The first-order valence-corrected chi connectivity index (χ1v) is 8.72. The van der Waals surface area contributed by atoms with Gasteiger partial charge >= 0.3 is 6.03 Å². The number of methoxy groups -OCH3 is 1. The summed E-state index contributed by atoms with van der Waals surface area (Å²) in [5.41, 5.74) is 0.222. The van der Waals surface area contributed by atoms with E-state index in [1.54, 1.807) is 12.0 Å². The molecule has 5 nitrogen and oxygen atoms in total. The fourth-order valence-corrected chi connectivity index (χ4v) is 4.02. The smallest absolute Gasteiger partial charge is 0.317 e. The van der Waals surface area contributed by atoms with Crippen LogP contribution in [-0.4, -0.2) is 56.0 Å². The van der Waals surface area contributed by atoms with Gasteiger partial charge in [-0.1, -0.05) is 19.3 Å². The molecule has 5 heteroatoms. The summed E-state index contributed by atoms with van der Waals surface area (Å²) in [5, 5.41) is 13.0. The molecule has 2 saturated carbocycles. The average molecular weight is 312 g/mol. The molecule has 2 amide bonds. The van der Waals surface area contributed by atoms with Crippen molar-refractivity contribution in [1.29, 1.82) is 0 Å². The van der Waals surface area contributed by atoms with Crippen LogP contribution in [0.15, 0.2) is 0 Å². The van der Waals surface area contributed by atoms with E-state index in [2.05, 4.69) is 5.32 Å². The minimum absolute atomic E-state index is 0.0113. The lowest BCUT2D eigenvalue weighted by Gasteiger charge is -2.31. The van der Waals surface area contributed by atoms with Crippen LogP contribution >= 0.6 is 0 Å². The highest BCUT2D eigenvalue weighted by Crippen LogP contribution is 2.40. The van der Waals surface area contributed by atoms with Gasteiger partial charge in [-0.05, 0) is 37.5 Å². The molecule has 2 atom stereocenters. The molecule has 0 aromatic carbocycles. The van der Waals surface area contributed by atoms with E-state index < -0.39 is 0 Å². The van der Waals surface area contributed by atoms with E-state index in [-0.39, 0.29) is 23.5 Å². The molecule has 0 bridgehead atoms. The van der Waals surface area contributed by atoms with Gasteiger partial charge in [0.25, 0.3) is 0 Å². The molecule has 2 rings (SSSR count). The Kier molecular flexibility index (Phi) is 6.50. The molecule has 2 aliphatic rings. The third kappa shape index (κ3) is 4.59. The summed E-state index contributed by atoms with van der Waals surface area (Å²) in [7, 11) is 3.57. The molecule has 2 fully saturated rings. The van der Waals surface area contributed by atoms with Crippen molar-refractivity contribution in [3.63, 3.8) is 0 Å². The van der Waals surface area contributed by atoms with Gasteiger partial charge in [-0.15, -0.1) is 0 Å². The SMILES string of the molecule is COCCC1(CNC(=O)N(C)CC2CCCC2O)CCCC1. The number of amides is 2. The number of nitrogens with zero attached hydrogens (tertiary/aromatic N) is 1. The van der Waals surface area contributed by atoms with Crippen molar-refractivity contribution >= 4 is 6.03 Å². The Morgan fingerprint density at radius 2 is 2.05 bits per heavy atom. The Hall–Kier alpha value is -0.810. The Bertz CT molecular complexity index is 356. The number of rotatable bonds is 7. The van der Waals surface area contributed by atoms with Crippen molar-refractivity contribution in [2.45, 2.75) is 57.5 Å². The number of ether oxygens (including phenoxy) is 1. The van der Waals surface area contributed by atoms with Gasteiger partial charge < -0.3 is 20.1 Å². The lowest BCUT2D eigenvalue weighted by molar-refractivity contribution is 0.111. The highest BCUT2D eigenvalue weighted by atomic mass is 16.5. The van der Waals surface area contributed by atoms with Crippen LogP contribution in [0.25, 0.3) is 0 Å². The molecular formula is C17H32N2O3. The van der Waals surface area contributed by atoms with Crippen molar-refractivity contribution in [2.24, 2.45) is 11.3 Å². The molecular weight excluding hydrogens is 280 g/mol. The molecule has 0 radical (unpaired) electrons. The first-order chi connectivity index (χ1) is 10.6.